The van der Waals surface area contributed by atoms with Crippen molar-refractivity contribution in [3.8, 4) is 11.5 Å². The van der Waals surface area contributed by atoms with E-state index in [1.807, 2.05) is 0 Å². The number of hydrogen-bond donors (Lipinski definition) is 6. The lowest BCUT2D eigenvalue weighted by molar-refractivity contribution is -0.282. The molecule has 222 valence electrons. The first-order valence-corrected chi connectivity index (χ1v) is 15.2. The maximum atomic E-state index is 12.4. The molecule has 10 atom stereocenters. The van der Waals surface area contributed by atoms with Crippen LogP contribution in [0, 0.1) is 5.92 Å². The van der Waals surface area contributed by atoms with Gasteiger partial charge in [-0.05, 0) is 50.0 Å². The molecule has 5 aliphatic rings. The van der Waals surface area contributed by atoms with E-state index in [-0.39, 0.29) is 23.3 Å². The summed E-state index contributed by atoms with van der Waals surface area (Å²) < 4.78 is 12.3. The monoisotopic (exact) mass is 559 g/mol. The Balaban J connectivity index is 1.42. The minimum atomic E-state index is -2.18. The normalized spacial score (nSPS) is 41.6. The molecule has 2 saturated heterocycles. The van der Waals surface area contributed by atoms with E-state index in [0.29, 0.717) is 25.0 Å². The molecule has 2 aliphatic carbocycles. The molecule has 0 radical (unpaired) electrons. The van der Waals surface area contributed by atoms with Crippen LogP contribution < -0.4 is 4.74 Å². The molecule has 1 spiro atoms. The van der Waals surface area contributed by atoms with Gasteiger partial charge in [-0.1, -0.05) is 57.6 Å². The second-order valence-corrected chi connectivity index (χ2v) is 12.8. The van der Waals surface area contributed by atoms with E-state index in [9.17, 15) is 30.6 Å². The predicted octanol–water partition coefficient (Wildman–Crippen LogP) is 1.62. The molecule has 6 rings (SSSR count). The number of likely N-dealkylation sites (N-methyl/N-ethyl adjacent to an activating group) is 1. The van der Waals surface area contributed by atoms with Crippen molar-refractivity contribution in [1.29, 1.82) is 0 Å². The highest BCUT2D eigenvalue weighted by Crippen LogP contribution is 2.64. The van der Waals surface area contributed by atoms with Gasteiger partial charge >= 0.3 is 0 Å². The Kier molecular flexibility index (Phi) is 7.47. The smallest absolute Gasteiger partial charge is 0.165 e. The van der Waals surface area contributed by atoms with E-state index >= 15 is 0 Å². The van der Waals surface area contributed by atoms with Gasteiger partial charge in [0.15, 0.2) is 11.5 Å². The number of ether oxygens (including phenoxy) is 2. The molecule has 0 saturated carbocycles. The van der Waals surface area contributed by atoms with E-state index in [0.717, 1.165) is 49.8 Å². The third-order valence-electron chi connectivity index (χ3n) is 10.7. The van der Waals surface area contributed by atoms with Crippen LogP contribution in [-0.4, -0.2) is 98.4 Å². The number of benzene rings is 1. The van der Waals surface area contributed by atoms with Gasteiger partial charge in [-0.25, -0.2) is 0 Å². The number of aliphatic hydroxyl groups excluding tert-OH is 4. The number of aromatic hydroxyl groups is 1. The van der Waals surface area contributed by atoms with Gasteiger partial charge in [0.2, 0.25) is 0 Å². The molecule has 3 heterocycles. The summed E-state index contributed by atoms with van der Waals surface area (Å²) in [5.41, 5.74) is -1.00. The summed E-state index contributed by atoms with van der Waals surface area (Å²) in [5.74, 6) is 0.183. The maximum Gasteiger partial charge on any atom is 0.165 e. The zero-order valence-electron chi connectivity index (χ0n) is 23.6. The summed E-state index contributed by atoms with van der Waals surface area (Å²) in [5, 5.41) is 67.8. The first kappa shape index (κ1) is 28.4. The third kappa shape index (κ3) is 3.92. The van der Waals surface area contributed by atoms with Crippen LogP contribution in [0.3, 0.4) is 0 Å². The second kappa shape index (κ2) is 10.5. The maximum absolute atomic E-state index is 12.4. The summed E-state index contributed by atoms with van der Waals surface area (Å²) >= 11 is 0. The van der Waals surface area contributed by atoms with Crippen LogP contribution in [0.5, 0.6) is 11.5 Å². The summed E-state index contributed by atoms with van der Waals surface area (Å²) in [6, 6.07) is 1.46. The zero-order chi connectivity index (χ0) is 28.4. The van der Waals surface area contributed by atoms with Crippen LogP contribution in [0.15, 0.2) is 18.2 Å². The van der Waals surface area contributed by atoms with E-state index in [1.165, 1.54) is 12.5 Å². The molecule has 3 aliphatic heterocycles. The number of nitrogens with zero attached hydrogens (tertiary/aromatic N) is 1. The number of unbranched alkanes of at least 4 members (excludes halogenated alkanes) is 5. The minimum Gasteiger partial charge on any atom is -0.504 e. The summed E-state index contributed by atoms with van der Waals surface area (Å²) in [6.45, 7) is 2.44. The Morgan fingerprint density at radius 2 is 1.75 bits per heavy atom. The van der Waals surface area contributed by atoms with Gasteiger partial charge in [0.05, 0.1) is 12.7 Å². The Hall–Kier alpha value is -1.72. The highest BCUT2D eigenvalue weighted by Gasteiger charge is 2.66. The number of piperidine rings is 1. The van der Waals surface area contributed by atoms with Gasteiger partial charge in [-0.2, -0.15) is 0 Å². The van der Waals surface area contributed by atoms with Crippen molar-refractivity contribution in [3.05, 3.63) is 34.9 Å². The van der Waals surface area contributed by atoms with Crippen molar-refractivity contribution < 1.29 is 40.1 Å². The van der Waals surface area contributed by atoms with Gasteiger partial charge in [-0.15, -0.1) is 0 Å². The highest BCUT2D eigenvalue weighted by molar-refractivity contribution is 5.65. The van der Waals surface area contributed by atoms with Gasteiger partial charge < -0.3 is 45.0 Å². The van der Waals surface area contributed by atoms with Crippen molar-refractivity contribution in [3.63, 3.8) is 0 Å². The summed E-state index contributed by atoms with van der Waals surface area (Å²) in [6.07, 6.45) is 5.47. The van der Waals surface area contributed by atoms with E-state index in [2.05, 4.69) is 24.9 Å². The minimum absolute atomic E-state index is 0.0490. The van der Waals surface area contributed by atoms with Gasteiger partial charge in [-0.3, -0.25) is 0 Å². The largest absolute Gasteiger partial charge is 0.504 e. The average molecular weight is 560 g/mol. The lowest BCUT2D eigenvalue weighted by Gasteiger charge is -2.57. The lowest BCUT2D eigenvalue weighted by atomic mass is 9.52. The molecule has 9 heteroatoms. The van der Waals surface area contributed by atoms with Crippen LogP contribution in [-0.2, 0) is 22.2 Å². The molecule has 0 amide bonds. The Morgan fingerprint density at radius 1 is 1.02 bits per heavy atom. The predicted molar refractivity (Wildman–Crippen MR) is 147 cm³/mol. The van der Waals surface area contributed by atoms with Crippen LogP contribution >= 0.6 is 0 Å². The number of rotatable bonds is 9. The second-order valence-electron chi connectivity index (χ2n) is 12.8. The molecule has 6 N–H and O–H groups in total. The molecule has 1 aromatic rings. The fourth-order valence-corrected chi connectivity index (χ4v) is 8.61. The highest BCUT2D eigenvalue weighted by atomic mass is 16.5. The number of likely N-dealkylation sites (tertiary alicyclic amines) is 1. The van der Waals surface area contributed by atoms with E-state index in [4.69, 9.17) is 9.47 Å². The number of hydrogen-bond acceptors (Lipinski definition) is 9. The first-order chi connectivity index (χ1) is 19.2. The fourth-order valence-electron chi connectivity index (χ4n) is 8.61. The molecule has 40 heavy (non-hydrogen) atoms. The molecule has 2 fully saturated rings. The standard InChI is InChI=1S/C31H45NO8/c1-3-4-5-6-7-8-9-23-27(36)31(38,28(37)24(16-33)39-23)19-15-22(35)26-25-17(19)14-20-18-10-11-21(34)29(40-26)30(18,25)12-13-32(20)2/h10-11,15,18,20-21,23-24,27-29,33-38H,3-9,12-14,16H2,1-2H3/t18-,20+,21-,23?,24+,27-,28-,29-,30-,31+/m0/s1. The van der Waals surface area contributed by atoms with Crippen molar-refractivity contribution in [2.24, 2.45) is 5.92 Å². The zero-order valence-corrected chi connectivity index (χ0v) is 23.6. The summed E-state index contributed by atoms with van der Waals surface area (Å²) in [7, 11) is 2.07. The SMILES string of the molecule is CCCCCCCCC1O[C@H](CO)[C@H](O)[C@@](O)(c2cc(O)c3c4c2C[C@@H]2[C@@H]5C=C[C@H](O)[C@H](O3)[C@]45CCN2C)[C@H]1O. The fraction of sp³-hybridized carbons (Fsp3) is 0.742. The lowest BCUT2D eigenvalue weighted by Crippen LogP contribution is -2.67. The topological polar surface area (TPSA) is 143 Å². The van der Waals surface area contributed by atoms with Crippen LogP contribution in [0.2, 0.25) is 0 Å². The van der Waals surface area contributed by atoms with Crippen molar-refractivity contribution in [2.75, 3.05) is 20.2 Å². The van der Waals surface area contributed by atoms with E-state index < -0.39 is 54.2 Å². The molecule has 0 aromatic heterocycles. The molecule has 2 bridgehead atoms. The molecular weight excluding hydrogens is 514 g/mol. The number of aliphatic hydroxyl groups is 5. The number of phenolic OH excluding ortho intramolecular Hbond substituents is 1. The molecule has 1 unspecified atom stereocenters. The quantitative estimate of drug-likeness (QED) is 0.197. The van der Waals surface area contributed by atoms with Crippen LogP contribution in [0.4, 0.5) is 0 Å². The van der Waals surface area contributed by atoms with Gasteiger partial charge in [0, 0.05) is 22.9 Å². The van der Waals surface area contributed by atoms with Crippen molar-refractivity contribution in [2.45, 2.75) is 118 Å². The molecule has 9 nitrogen and oxygen atoms in total. The van der Waals surface area contributed by atoms with Gasteiger partial charge in [0.25, 0.3) is 0 Å². The number of phenols is 1. The van der Waals surface area contributed by atoms with E-state index in [1.54, 1.807) is 6.08 Å². The Bertz CT molecular complexity index is 1140. The average Bonchev–Trinajstić information content (AvgIpc) is 3.30. The van der Waals surface area contributed by atoms with Crippen molar-refractivity contribution in [1.82, 2.24) is 4.90 Å². The first-order valence-electron chi connectivity index (χ1n) is 15.2. The van der Waals surface area contributed by atoms with Crippen LogP contribution in [0.1, 0.15) is 75.0 Å². The van der Waals surface area contributed by atoms with Gasteiger partial charge in [0.1, 0.15) is 36.1 Å². The molecule has 1 aromatic carbocycles. The Morgan fingerprint density at radius 3 is 2.50 bits per heavy atom. The molecular formula is C31H45NO8. The van der Waals surface area contributed by atoms with Crippen molar-refractivity contribution >= 4 is 0 Å². The third-order valence-corrected chi connectivity index (χ3v) is 10.7. The Labute approximate surface area is 236 Å². The van der Waals surface area contributed by atoms with Crippen LogP contribution in [0.25, 0.3) is 0 Å². The summed E-state index contributed by atoms with van der Waals surface area (Å²) in [4.78, 5) is 2.28.